The van der Waals surface area contributed by atoms with Crippen LogP contribution >= 0.6 is 11.6 Å². The third kappa shape index (κ3) is 1.84. The summed E-state index contributed by atoms with van der Waals surface area (Å²) in [5.41, 5.74) is 4.00. The SMILES string of the molecule is Cc1cnc(-c2nnc3c(C)c(C)c(Cl)nn23)cn1. The molecule has 0 aliphatic heterocycles. The molecule has 0 aliphatic carbocycles. The summed E-state index contributed by atoms with van der Waals surface area (Å²) in [5.74, 6) is 0.535. The zero-order valence-electron chi connectivity index (χ0n) is 10.7. The Bertz CT molecular complexity index is 762. The van der Waals surface area contributed by atoms with Gasteiger partial charge in [0, 0.05) is 11.8 Å². The topological polar surface area (TPSA) is 68.9 Å². The molecule has 6 nitrogen and oxygen atoms in total. The fourth-order valence-electron chi connectivity index (χ4n) is 1.76. The zero-order valence-corrected chi connectivity index (χ0v) is 11.5. The van der Waals surface area contributed by atoms with Gasteiger partial charge in [-0.1, -0.05) is 11.6 Å². The first kappa shape index (κ1) is 12.0. The van der Waals surface area contributed by atoms with E-state index in [1.807, 2.05) is 20.8 Å². The Hall–Kier alpha value is -2.08. The van der Waals surface area contributed by atoms with Gasteiger partial charge in [0.1, 0.15) is 5.69 Å². The van der Waals surface area contributed by atoms with Crippen LogP contribution in [0.4, 0.5) is 0 Å². The van der Waals surface area contributed by atoms with Crippen LogP contribution in [0.15, 0.2) is 12.4 Å². The van der Waals surface area contributed by atoms with Crippen LogP contribution in [0.25, 0.3) is 17.2 Å². The molecule has 0 N–H and O–H groups in total. The van der Waals surface area contributed by atoms with Crippen LogP contribution in [0, 0.1) is 20.8 Å². The smallest absolute Gasteiger partial charge is 0.205 e. The highest BCUT2D eigenvalue weighted by Crippen LogP contribution is 2.22. The summed E-state index contributed by atoms with van der Waals surface area (Å²) in [5, 5.41) is 13.0. The number of nitrogens with zero attached hydrogens (tertiary/aromatic N) is 6. The van der Waals surface area contributed by atoms with Gasteiger partial charge in [-0.2, -0.15) is 9.61 Å². The normalized spacial score (nSPS) is 11.2. The van der Waals surface area contributed by atoms with E-state index in [1.54, 1.807) is 16.9 Å². The van der Waals surface area contributed by atoms with Gasteiger partial charge in [-0.05, 0) is 26.3 Å². The molecular weight excluding hydrogens is 264 g/mol. The molecule has 0 aliphatic rings. The molecule has 3 rings (SSSR count). The summed E-state index contributed by atoms with van der Waals surface area (Å²) in [6.45, 7) is 5.73. The molecule has 96 valence electrons. The molecule has 0 saturated heterocycles. The highest BCUT2D eigenvalue weighted by Gasteiger charge is 2.15. The summed E-state index contributed by atoms with van der Waals surface area (Å²) in [7, 11) is 0. The van der Waals surface area contributed by atoms with E-state index in [9.17, 15) is 0 Å². The molecule has 0 unspecified atom stereocenters. The quantitative estimate of drug-likeness (QED) is 0.680. The number of aryl methyl sites for hydroxylation is 2. The monoisotopic (exact) mass is 274 g/mol. The van der Waals surface area contributed by atoms with Gasteiger partial charge in [0.25, 0.3) is 0 Å². The van der Waals surface area contributed by atoms with Crippen LogP contribution in [0.1, 0.15) is 16.8 Å². The van der Waals surface area contributed by atoms with Gasteiger partial charge >= 0.3 is 0 Å². The largest absolute Gasteiger partial charge is 0.258 e. The predicted molar refractivity (Wildman–Crippen MR) is 71.0 cm³/mol. The van der Waals surface area contributed by atoms with Crippen LogP contribution < -0.4 is 0 Å². The van der Waals surface area contributed by atoms with Crippen molar-refractivity contribution in [2.24, 2.45) is 0 Å². The maximum atomic E-state index is 6.11. The van der Waals surface area contributed by atoms with Crippen LogP contribution in [0.2, 0.25) is 5.15 Å². The van der Waals surface area contributed by atoms with Gasteiger partial charge in [0.2, 0.25) is 5.82 Å². The van der Waals surface area contributed by atoms with E-state index < -0.39 is 0 Å². The van der Waals surface area contributed by atoms with Crippen molar-refractivity contribution < 1.29 is 0 Å². The predicted octanol–water partition coefficient (Wildman–Crippen LogP) is 2.16. The molecule has 19 heavy (non-hydrogen) atoms. The van der Waals surface area contributed by atoms with Crippen molar-refractivity contribution in [3.05, 3.63) is 34.4 Å². The van der Waals surface area contributed by atoms with E-state index in [-0.39, 0.29) is 0 Å². The molecule has 7 heteroatoms. The van der Waals surface area contributed by atoms with Gasteiger partial charge < -0.3 is 0 Å². The van der Waals surface area contributed by atoms with E-state index in [1.165, 1.54) is 0 Å². The maximum absolute atomic E-state index is 6.11. The van der Waals surface area contributed by atoms with Crippen molar-refractivity contribution in [1.82, 2.24) is 29.8 Å². The highest BCUT2D eigenvalue weighted by molar-refractivity contribution is 6.30. The number of aromatic nitrogens is 6. The number of rotatable bonds is 1. The van der Waals surface area contributed by atoms with Crippen molar-refractivity contribution in [2.75, 3.05) is 0 Å². The third-order valence-corrected chi connectivity index (χ3v) is 3.40. The fraction of sp³-hybridized carbons (Fsp3) is 0.250. The van der Waals surface area contributed by atoms with E-state index in [0.29, 0.717) is 22.3 Å². The second-order valence-corrected chi connectivity index (χ2v) is 4.70. The molecule has 0 amide bonds. The van der Waals surface area contributed by atoms with Crippen molar-refractivity contribution >= 4 is 17.2 Å². The number of hydrogen-bond donors (Lipinski definition) is 0. The van der Waals surface area contributed by atoms with Crippen molar-refractivity contribution in [2.45, 2.75) is 20.8 Å². The van der Waals surface area contributed by atoms with Gasteiger partial charge in [0.05, 0.1) is 11.9 Å². The molecule has 3 aromatic heterocycles. The Morgan fingerprint density at radius 1 is 1.00 bits per heavy atom. The number of fused-ring (bicyclic) bond motifs is 1. The lowest BCUT2D eigenvalue weighted by Crippen LogP contribution is -2.01. The van der Waals surface area contributed by atoms with Crippen LogP contribution in [0.5, 0.6) is 0 Å². The minimum atomic E-state index is 0.436. The molecular formula is C12H11ClN6. The molecule has 0 saturated carbocycles. The molecule has 0 atom stereocenters. The lowest BCUT2D eigenvalue weighted by molar-refractivity contribution is 0.910. The van der Waals surface area contributed by atoms with Gasteiger partial charge in [-0.25, -0.2) is 4.98 Å². The summed E-state index contributed by atoms with van der Waals surface area (Å²) < 4.78 is 1.60. The molecule has 0 aromatic carbocycles. The second kappa shape index (κ2) is 4.24. The lowest BCUT2D eigenvalue weighted by atomic mass is 10.2. The Kier molecular flexibility index (Phi) is 2.67. The van der Waals surface area contributed by atoms with Crippen molar-refractivity contribution in [3.63, 3.8) is 0 Å². The summed E-state index contributed by atoms with van der Waals surface area (Å²) in [6.07, 6.45) is 3.33. The minimum absolute atomic E-state index is 0.436. The molecule has 0 spiro atoms. The first-order chi connectivity index (χ1) is 9.08. The van der Waals surface area contributed by atoms with Gasteiger partial charge in [0.15, 0.2) is 10.8 Å². The number of halogens is 1. The fourth-order valence-corrected chi connectivity index (χ4v) is 1.98. The van der Waals surface area contributed by atoms with Crippen LogP contribution in [0.3, 0.4) is 0 Å². The summed E-state index contributed by atoms with van der Waals surface area (Å²) in [4.78, 5) is 8.48. The lowest BCUT2D eigenvalue weighted by Gasteiger charge is -2.04. The Morgan fingerprint density at radius 2 is 1.79 bits per heavy atom. The van der Waals surface area contributed by atoms with E-state index >= 15 is 0 Å². The standard InChI is InChI=1S/C12H11ClN6/c1-6-4-15-9(5-14-6)12-17-16-11-8(3)7(2)10(13)18-19(11)12/h4-5H,1-3H3. The third-order valence-electron chi connectivity index (χ3n) is 3.05. The Balaban J connectivity index is 2.29. The summed E-state index contributed by atoms with van der Waals surface area (Å²) in [6, 6.07) is 0. The van der Waals surface area contributed by atoms with Crippen LogP contribution in [-0.4, -0.2) is 29.8 Å². The zero-order chi connectivity index (χ0) is 13.6. The van der Waals surface area contributed by atoms with Crippen LogP contribution in [-0.2, 0) is 0 Å². The van der Waals surface area contributed by atoms with Crippen molar-refractivity contribution in [3.8, 4) is 11.5 Å². The average molecular weight is 275 g/mol. The molecule has 0 fully saturated rings. The maximum Gasteiger partial charge on any atom is 0.205 e. The van der Waals surface area contributed by atoms with Crippen molar-refractivity contribution in [1.29, 1.82) is 0 Å². The average Bonchev–Trinajstić information content (AvgIpc) is 2.81. The number of hydrogen-bond acceptors (Lipinski definition) is 5. The first-order valence-electron chi connectivity index (χ1n) is 5.75. The second-order valence-electron chi connectivity index (χ2n) is 4.34. The molecule has 0 radical (unpaired) electrons. The van der Waals surface area contributed by atoms with E-state index in [0.717, 1.165) is 16.8 Å². The molecule has 3 aromatic rings. The molecule has 0 bridgehead atoms. The Morgan fingerprint density at radius 3 is 2.47 bits per heavy atom. The van der Waals surface area contributed by atoms with E-state index in [4.69, 9.17) is 11.6 Å². The minimum Gasteiger partial charge on any atom is -0.258 e. The van der Waals surface area contributed by atoms with Gasteiger partial charge in [-0.15, -0.1) is 10.2 Å². The highest BCUT2D eigenvalue weighted by atomic mass is 35.5. The Labute approximate surface area is 114 Å². The van der Waals surface area contributed by atoms with E-state index in [2.05, 4.69) is 25.3 Å². The van der Waals surface area contributed by atoms with Gasteiger partial charge in [-0.3, -0.25) is 4.98 Å². The first-order valence-corrected chi connectivity index (χ1v) is 6.13. The summed E-state index contributed by atoms with van der Waals surface area (Å²) >= 11 is 6.11. The molecule has 3 heterocycles.